The van der Waals surface area contributed by atoms with Gasteiger partial charge in [0.25, 0.3) is 0 Å². The molecule has 1 fully saturated rings. The number of esters is 1. The van der Waals surface area contributed by atoms with Gasteiger partial charge >= 0.3 is 5.97 Å². The van der Waals surface area contributed by atoms with Gasteiger partial charge in [-0.2, -0.15) is 0 Å². The third kappa shape index (κ3) is 6.36. The number of ether oxygens (including phenoxy) is 3. The lowest BCUT2D eigenvalue weighted by Gasteiger charge is -2.40. The molecule has 0 spiro atoms. The predicted molar refractivity (Wildman–Crippen MR) is 72.6 cm³/mol. The van der Waals surface area contributed by atoms with Crippen LogP contribution < -0.4 is 5.73 Å². The van der Waals surface area contributed by atoms with Crippen molar-refractivity contribution >= 4 is 5.97 Å². The van der Waals surface area contributed by atoms with Gasteiger partial charge in [0.05, 0.1) is 18.6 Å². The second-order valence-electron chi connectivity index (χ2n) is 6.48. The molecule has 1 aliphatic heterocycles. The molecule has 2 atom stereocenters. The van der Waals surface area contributed by atoms with Crippen LogP contribution in [0.3, 0.4) is 0 Å². The summed E-state index contributed by atoms with van der Waals surface area (Å²) in [4.78, 5) is 11.8. The van der Waals surface area contributed by atoms with E-state index in [1.807, 2.05) is 34.6 Å². The van der Waals surface area contributed by atoms with E-state index in [1.54, 1.807) is 0 Å². The number of carbonyl (C=O) groups is 1. The fraction of sp³-hybridized carbons (Fsp3) is 0.929. The smallest absolute Gasteiger partial charge is 0.308 e. The summed E-state index contributed by atoms with van der Waals surface area (Å²) in [6.45, 7) is 9.86. The highest BCUT2D eigenvalue weighted by Crippen LogP contribution is 2.30. The van der Waals surface area contributed by atoms with Crippen molar-refractivity contribution in [2.75, 3.05) is 6.54 Å². The average Bonchev–Trinajstić information content (AvgIpc) is 2.10. The summed E-state index contributed by atoms with van der Waals surface area (Å²) in [6, 6.07) is 0. The quantitative estimate of drug-likeness (QED) is 0.793. The summed E-state index contributed by atoms with van der Waals surface area (Å²) in [5.74, 6) is -0.910. The van der Waals surface area contributed by atoms with E-state index in [4.69, 9.17) is 19.9 Å². The molecule has 1 saturated heterocycles. The van der Waals surface area contributed by atoms with Gasteiger partial charge < -0.3 is 19.9 Å². The molecule has 1 heterocycles. The zero-order valence-electron chi connectivity index (χ0n) is 12.7. The Hall–Kier alpha value is -0.650. The second-order valence-corrected chi connectivity index (χ2v) is 6.48. The monoisotopic (exact) mass is 273 g/mol. The molecular weight excluding hydrogens is 246 g/mol. The van der Waals surface area contributed by atoms with Gasteiger partial charge in [-0.05, 0) is 47.6 Å². The molecular formula is C14H27NO4. The van der Waals surface area contributed by atoms with Crippen molar-refractivity contribution in [1.82, 2.24) is 0 Å². The molecule has 0 aromatic heterocycles. The number of carbonyl (C=O) groups excluding carboxylic acids is 1. The van der Waals surface area contributed by atoms with Crippen LogP contribution in [0.15, 0.2) is 0 Å². The minimum Gasteiger partial charge on any atom is -0.460 e. The molecule has 1 rings (SSSR count). The largest absolute Gasteiger partial charge is 0.460 e. The van der Waals surface area contributed by atoms with Crippen LogP contribution in [0, 0.1) is 0 Å². The number of hydrogen-bond donors (Lipinski definition) is 1. The highest BCUT2D eigenvalue weighted by atomic mass is 16.7. The Morgan fingerprint density at radius 1 is 1.32 bits per heavy atom. The molecule has 1 unspecified atom stereocenters. The molecule has 2 N–H and O–H groups in total. The molecule has 0 saturated carbocycles. The summed E-state index contributed by atoms with van der Waals surface area (Å²) in [7, 11) is 0. The summed E-state index contributed by atoms with van der Waals surface area (Å²) < 4.78 is 16.9. The van der Waals surface area contributed by atoms with E-state index in [9.17, 15) is 4.79 Å². The van der Waals surface area contributed by atoms with Crippen molar-refractivity contribution in [1.29, 1.82) is 0 Å². The SMILES string of the molecule is CC(C)(C)OC(=O)C[C@H]1CC(CCN)OC(C)(C)O1. The minimum atomic E-state index is -0.676. The third-order valence-corrected chi connectivity index (χ3v) is 2.73. The van der Waals surface area contributed by atoms with Crippen LogP contribution >= 0.6 is 0 Å². The maximum absolute atomic E-state index is 11.8. The second kappa shape index (κ2) is 6.20. The van der Waals surface area contributed by atoms with Crippen LogP contribution in [-0.4, -0.2) is 36.1 Å². The first-order valence-electron chi connectivity index (χ1n) is 6.89. The van der Waals surface area contributed by atoms with Gasteiger partial charge in [0.1, 0.15) is 5.60 Å². The molecule has 0 aliphatic carbocycles. The number of hydrogen-bond acceptors (Lipinski definition) is 5. The van der Waals surface area contributed by atoms with E-state index in [0.29, 0.717) is 13.0 Å². The Morgan fingerprint density at radius 2 is 1.89 bits per heavy atom. The molecule has 0 aromatic rings. The highest BCUT2D eigenvalue weighted by Gasteiger charge is 2.36. The molecule has 5 heteroatoms. The Balaban J connectivity index is 2.54. The number of nitrogens with two attached hydrogens (primary N) is 1. The zero-order valence-corrected chi connectivity index (χ0v) is 12.7. The van der Waals surface area contributed by atoms with E-state index in [2.05, 4.69) is 0 Å². The summed E-state index contributed by atoms with van der Waals surface area (Å²) in [5.41, 5.74) is 5.10. The maximum Gasteiger partial charge on any atom is 0.308 e. The van der Waals surface area contributed by atoms with Crippen molar-refractivity contribution in [3.63, 3.8) is 0 Å². The van der Waals surface area contributed by atoms with Gasteiger partial charge in [0.2, 0.25) is 0 Å². The Kier molecular flexibility index (Phi) is 5.35. The average molecular weight is 273 g/mol. The van der Waals surface area contributed by atoms with E-state index >= 15 is 0 Å². The topological polar surface area (TPSA) is 70.8 Å². The van der Waals surface area contributed by atoms with Crippen LogP contribution in [0.4, 0.5) is 0 Å². The van der Waals surface area contributed by atoms with Crippen molar-refractivity contribution in [2.45, 2.75) is 77.5 Å². The van der Waals surface area contributed by atoms with Gasteiger partial charge in [-0.3, -0.25) is 4.79 Å². The zero-order chi connectivity index (χ0) is 14.7. The maximum atomic E-state index is 11.8. The third-order valence-electron chi connectivity index (χ3n) is 2.73. The van der Waals surface area contributed by atoms with Crippen molar-refractivity contribution in [3.8, 4) is 0 Å². The van der Waals surface area contributed by atoms with Crippen LogP contribution in [0.2, 0.25) is 0 Å². The fourth-order valence-electron chi connectivity index (χ4n) is 2.28. The minimum absolute atomic E-state index is 0.0428. The van der Waals surface area contributed by atoms with Gasteiger partial charge in [0.15, 0.2) is 5.79 Å². The molecule has 0 aromatic carbocycles. The van der Waals surface area contributed by atoms with Crippen molar-refractivity contribution < 1.29 is 19.0 Å². The molecule has 19 heavy (non-hydrogen) atoms. The Bertz CT molecular complexity index is 309. The lowest BCUT2D eigenvalue weighted by atomic mass is 10.0. The normalized spacial score (nSPS) is 27.1. The van der Waals surface area contributed by atoms with E-state index < -0.39 is 11.4 Å². The first-order valence-corrected chi connectivity index (χ1v) is 6.89. The first kappa shape index (κ1) is 16.4. The Labute approximate surface area is 115 Å². The van der Waals surface area contributed by atoms with E-state index in [1.165, 1.54) is 0 Å². The fourth-order valence-corrected chi connectivity index (χ4v) is 2.28. The summed E-state index contributed by atoms with van der Waals surface area (Å²) >= 11 is 0. The standard InChI is InChI=1S/C14H27NO4/c1-13(2,3)19-12(16)9-11-8-10(6-7-15)17-14(4,5)18-11/h10-11H,6-9,15H2,1-5H3/t10?,11-/m1/s1. The lowest BCUT2D eigenvalue weighted by molar-refractivity contribution is -0.300. The first-order chi connectivity index (χ1) is 8.61. The van der Waals surface area contributed by atoms with Gasteiger partial charge in [0, 0.05) is 6.42 Å². The molecule has 0 radical (unpaired) electrons. The summed E-state index contributed by atoms with van der Waals surface area (Å²) in [5, 5.41) is 0. The van der Waals surface area contributed by atoms with Crippen LogP contribution in [-0.2, 0) is 19.0 Å². The van der Waals surface area contributed by atoms with Crippen LogP contribution in [0.25, 0.3) is 0 Å². The van der Waals surface area contributed by atoms with E-state index in [0.717, 1.165) is 6.42 Å². The summed E-state index contributed by atoms with van der Waals surface area (Å²) in [6.07, 6.45) is 1.58. The molecule has 1 aliphatic rings. The van der Waals surface area contributed by atoms with Crippen molar-refractivity contribution in [3.05, 3.63) is 0 Å². The molecule has 0 amide bonds. The van der Waals surface area contributed by atoms with Gasteiger partial charge in [-0.15, -0.1) is 0 Å². The van der Waals surface area contributed by atoms with Gasteiger partial charge in [-0.1, -0.05) is 0 Å². The number of rotatable bonds is 4. The molecule has 0 bridgehead atoms. The molecule has 5 nitrogen and oxygen atoms in total. The van der Waals surface area contributed by atoms with Gasteiger partial charge in [-0.25, -0.2) is 0 Å². The molecule has 112 valence electrons. The van der Waals surface area contributed by atoms with E-state index in [-0.39, 0.29) is 24.6 Å². The van der Waals surface area contributed by atoms with Crippen LogP contribution in [0.5, 0.6) is 0 Å². The Morgan fingerprint density at radius 3 is 2.42 bits per heavy atom. The van der Waals surface area contributed by atoms with Crippen molar-refractivity contribution in [2.24, 2.45) is 5.73 Å². The highest BCUT2D eigenvalue weighted by molar-refractivity contribution is 5.70. The van der Waals surface area contributed by atoms with Crippen LogP contribution in [0.1, 0.15) is 53.9 Å². The lowest BCUT2D eigenvalue weighted by Crippen LogP contribution is -2.46. The predicted octanol–water partition coefficient (Wildman–Crippen LogP) is 1.98.